The van der Waals surface area contributed by atoms with Crippen molar-refractivity contribution in [1.82, 2.24) is 4.90 Å². The van der Waals surface area contributed by atoms with Crippen LogP contribution in [0.4, 0.5) is 4.79 Å². The van der Waals surface area contributed by atoms with Gasteiger partial charge in [0.15, 0.2) is 0 Å². The smallest absolute Gasteiger partial charge is 0.411 e. The summed E-state index contributed by atoms with van der Waals surface area (Å²) in [6.07, 6.45) is 3.60. The molecule has 0 radical (unpaired) electrons. The number of hydrogen-bond donors (Lipinski definition) is 0. The summed E-state index contributed by atoms with van der Waals surface area (Å²) in [5.74, 6) is -0.368. The molecule has 1 fully saturated rings. The van der Waals surface area contributed by atoms with E-state index in [1.807, 2.05) is 70.2 Å². The Balaban J connectivity index is 1.95. The molecule has 0 aliphatic carbocycles. The molecule has 122 valence electrons. The SMILES string of the molecule is C[C@@H]1C(=O)[C@H](c2ccccc2)[C@@H]2C=C[C@H]1N2C(=O)OC(C)(C)C. The average molecular weight is 313 g/mol. The predicted molar refractivity (Wildman–Crippen MR) is 88.1 cm³/mol. The van der Waals surface area contributed by atoms with Crippen LogP contribution in [0.5, 0.6) is 0 Å². The van der Waals surface area contributed by atoms with E-state index in [2.05, 4.69) is 0 Å². The molecule has 1 saturated heterocycles. The first-order valence-corrected chi connectivity index (χ1v) is 8.08. The standard InChI is InChI=1S/C19H23NO3/c1-12-14-10-11-15(20(14)18(22)23-19(2,3)4)16(17(12)21)13-8-6-5-7-9-13/h5-12,14-16H,1-4H3/t12-,14+,15-,16+/m0/s1. The topological polar surface area (TPSA) is 46.6 Å². The first-order valence-electron chi connectivity index (χ1n) is 8.08. The normalized spacial score (nSPS) is 29.7. The van der Waals surface area contributed by atoms with Crippen LogP contribution >= 0.6 is 0 Å². The number of carbonyl (C=O) groups is 2. The van der Waals surface area contributed by atoms with E-state index in [0.717, 1.165) is 5.56 Å². The maximum atomic E-state index is 12.8. The van der Waals surface area contributed by atoms with Gasteiger partial charge in [-0.1, -0.05) is 49.4 Å². The number of amides is 1. The van der Waals surface area contributed by atoms with Gasteiger partial charge in [-0.3, -0.25) is 9.69 Å². The van der Waals surface area contributed by atoms with Crippen molar-refractivity contribution in [1.29, 1.82) is 0 Å². The summed E-state index contributed by atoms with van der Waals surface area (Å²) in [4.78, 5) is 27.2. The molecule has 2 heterocycles. The van der Waals surface area contributed by atoms with Crippen LogP contribution in [0.1, 0.15) is 39.2 Å². The Morgan fingerprint density at radius 2 is 1.70 bits per heavy atom. The number of rotatable bonds is 1. The van der Waals surface area contributed by atoms with Crippen molar-refractivity contribution in [2.75, 3.05) is 0 Å². The van der Waals surface area contributed by atoms with Gasteiger partial charge in [0.2, 0.25) is 0 Å². The minimum atomic E-state index is -0.552. The lowest BCUT2D eigenvalue weighted by Crippen LogP contribution is -2.56. The number of Topliss-reactive ketones (excluding diaryl/α,β-unsaturated/α-hetero) is 1. The fourth-order valence-electron chi connectivity index (χ4n) is 3.49. The number of nitrogens with zero attached hydrogens (tertiary/aromatic N) is 1. The molecule has 1 aromatic carbocycles. The number of piperidine rings is 1. The molecular weight excluding hydrogens is 290 g/mol. The predicted octanol–water partition coefficient (Wildman–Crippen LogP) is 3.53. The van der Waals surface area contributed by atoms with Crippen LogP contribution in [0.15, 0.2) is 42.5 Å². The maximum absolute atomic E-state index is 12.8. The van der Waals surface area contributed by atoms with Crippen molar-refractivity contribution in [3.05, 3.63) is 48.0 Å². The maximum Gasteiger partial charge on any atom is 0.411 e. The van der Waals surface area contributed by atoms with E-state index >= 15 is 0 Å². The van der Waals surface area contributed by atoms with Gasteiger partial charge in [-0.15, -0.1) is 0 Å². The fraction of sp³-hybridized carbons (Fsp3) is 0.474. The van der Waals surface area contributed by atoms with E-state index in [1.165, 1.54) is 0 Å². The van der Waals surface area contributed by atoms with E-state index in [0.29, 0.717) is 0 Å². The Morgan fingerprint density at radius 3 is 2.30 bits per heavy atom. The quantitative estimate of drug-likeness (QED) is 0.745. The molecule has 1 aromatic rings. The highest BCUT2D eigenvalue weighted by atomic mass is 16.6. The second kappa shape index (κ2) is 5.52. The van der Waals surface area contributed by atoms with Crippen LogP contribution in [0.2, 0.25) is 0 Å². The van der Waals surface area contributed by atoms with Crippen LogP contribution in [-0.2, 0) is 9.53 Å². The molecule has 2 aliphatic heterocycles. The minimum Gasteiger partial charge on any atom is -0.444 e. The first-order chi connectivity index (χ1) is 10.8. The number of ether oxygens (including phenoxy) is 1. The third-order valence-corrected chi connectivity index (χ3v) is 4.52. The number of hydrogen-bond acceptors (Lipinski definition) is 3. The zero-order valence-corrected chi connectivity index (χ0v) is 14.0. The lowest BCUT2D eigenvalue weighted by atomic mass is 9.78. The first kappa shape index (κ1) is 15.8. The van der Waals surface area contributed by atoms with Crippen molar-refractivity contribution >= 4 is 11.9 Å². The van der Waals surface area contributed by atoms with Crippen molar-refractivity contribution in [3.8, 4) is 0 Å². The van der Waals surface area contributed by atoms with Crippen LogP contribution in [-0.4, -0.2) is 34.5 Å². The lowest BCUT2D eigenvalue weighted by molar-refractivity contribution is -0.129. The third-order valence-electron chi connectivity index (χ3n) is 4.52. The Labute approximate surface area is 137 Å². The van der Waals surface area contributed by atoms with E-state index in [9.17, 15) is 9.59 Å². The summed E-state index contributed by atoms with van der Waals surface area (Å²) in [6, 6.07) is 9.22. The Morgan fingerprint density at radius 1 is 1.09 bits per heavy atom. The summed E-state index contributed by atoms with van der Waals surface area (Å²) >= 11 is 0. The minimum absolute atomic E-state index is 0.191. The zero-order valence-electron chi connectivity index (χ0n) is 14.0. The average Bonchev–Trinajstić information content (AvgIpc) is 2.85. The van der Waals surface area contributed by atoms with Gasteiger partial charge in [-0.05, 0) is 26.3 Å². The monoisotopic (exact) mass is 313 g/mol. The van der Waals surface area contributed by atoms with Gasteiger partial charge in [-0.2, -0.15) is 0 Å². The van der Waals surface area contributed by atoms with Gasteiger partial charge in [0.05, 0.1) is 18.0 Å². The van der Waals surface area contributed by atoms with Gasteiger partial charge < -0.3 is 4.74 Å². The summed E-state index contributed by atoms with van der Waals surface area (Å²) in [5.41, 5.74) is 0.400. The third kappa shape index (κ3) is 2.78. The lowest BCUT2D eigenvalue weighted by Gasteiger charge is -2.42. The van der Waals surface area contributed by atoms with E-state index in [1.54, 1.807) is 4.90 Å². The van der Waals surface area contributed by atoms with Gasteiger partial charge >= 0.3 is 6.09 Å². The molecule has 2 bridgehead atoms. The summed E-state index contributed by atoms with van der Waals surface area (Å²) in [6.45, 7) is 7.46. The second-order valence-corrected chi connectivity index (χ2v) is 7.33. The van der Waals surface area contributed by atoms with Crippen LogP contribution in [0, 0.1) is 5.92 Å². The summed E-state index contributed by atoms with van der Waals surface area (Å²) in [5, 5.41) is 0. The van der Waals surface area contributed by atoms with E-state index in [-0.39, 0.29) is 35.8 Å². The molecule has 0 saturated carbocycles. The van der Waals surface area contributed by atoms with Gasteiger partial charge in [0, 0.05) is 5.92 Å². The Hall–Kier alpha value is -2.10. The van der Waals surface area contributed by atoms with Gasteiger partial charge in [-0.25, -0.2) is 4.79 Å². The number of benzene rings is 1. The van der Waals surface area contributed by atoms with E-state index < -0.39 is 5.60 Å². The number of ketones is 1. The molecule has 0 aromatic heterocycles. The Bertz CT molecular complexity index is 644. The molecule has 0 unspecified atom stereocenters. The molecule has 0 N–H and O–H groups in total. The largest absolute Gasteiger partial charge is 0.444 e. The molecule has 0 spiro atoms. The highest BCUT2D eigenvalue weighted by Crippen LogP contribution is 2.41. The highest BCUT2D eigenvalue weighted by molar-refractivity contribution is 5.93. The van der Waals surface area contributed by atoms with Gasteiger partial charge in [0.1, 0.15) is 11.4 Å². The van der Waals surface area contributed by atoms with E-state index in [4.69, 9.17) is 4.74 Å². The molecule has 3 rings (SSSR count). The molecule has 2 aliphatic rings. The van der Waals surface area contributed by atoms with Gasteiger partial charge in [0.25, 0.3) is 0 Å². The van der Waals surface area contributed by atoms with Crippen LogP contribution in [0.25, 0.3) is 0 Å². The molecular formula is C19H23NO3. The fourth-order valence-corrected chi connectivity index (χ4v) is 3.49. The van der Waals surface area contributed by atoms with Crippen molar-refractivity contribution in [3.63, 3.8) is 0 Å². The second-order valence-electron chi connectivity index (χ2n) is 7.33. The van der Waals surface area contributed by atoms with Crippen molar-refractivity contribution < 1.29 is 14.3 Å². The molecule has 4 heteroatoms. The number of carbonyl (C=O) groups excluding carboxylic acids is 2. The molecule has 4 nitrogen and oxygen atoms in total. The zero-order chi connectivity index (χ0) is 16.8. The number of fused-ring (bicyclic) bond motifs is 2. The molecule has 23 heavy (non-hydrogen) atoms. The summed E-state index contributed by atoms with van der Waals surface area (Å²) < 4.78 is 5.56. The Kier molecular flexibility index (Phi) is 3.78. The van der Waals surface area contributed by atoms with Crippen molar-refractivity contribution in [2.45, 2.75) is 51.3 Å². The molecule has 1 amide bonds. The summed E-state index contributed by atoms with van der Waals surface area (Å²) in [7, 11) is 0. The highest BCUT2D eigenvalue weighted by Gasteiger charge is 2.51. The van der Waals surface area contributed by atoms with Crippen LogP contribution < -0.4 is 0 Å². The molecule has 4 atom stereocenters. The van der Waals surface area contributed by atoms with Crippen LogP contribution in [0.3, 0.4) is 0 Å². The van der Waals surface area contributed by atoms with Crippen molar-refractivity contribution in [2.24, 2.45) is 5.92 Å².